The molecule has 2 atom stereocenters. The van der Waals surface area contributed by atoms with Crippen LogP contribution in [0.5, 0.6) is 0 Å². The first kappa shape index (κ1) is 13.9. The number of carbonyl (C=O) groups is 2. The third kappa shape index (κ3) is 2.22. The minimum Gasteiger partial charge on any atom is -0.340 e. The molecule has 1 heterocycles. The van der Waals surface area contributed by atoms with Gasteiger partial charge in [0.25, 0.3) is 0 Å². The van der Waals surface area contributed by atoms with Gasteiger partial charge in [-0.25, -0.2) is 0 Å². The van der Waals surface area contributed by atoms with Crippen LogP contribution < -0.4 is 5.32 Å². The summed E-state index contributed by atoms with van der Waals surface area (Å²) in [5, 5.41) is 2.96. The maximum absolute atomic E-state index is 12.8. The summed E-state index contributed by atoms with van der Waals surface area (Å²) in [5.41, 5.74) is -0.647. The minimum atomic E-state index is -0.647. The molecule has 4 heteroatoms. The average molecular weight is 262 g/mol. The highest BCUT2D eigenvalue weighted by Gasteiger charge is 2.52. The lowest BCUT2D eigenvalue weighted by Gasteiger charge is -2.46. The van der Waals surface area contributed by atoms with Gasteiger partial charge in [-0.1, -0.05) is 19.8 Å². The van der Waals surface area contributed by atoms with Crippen LogP contribution in [0.25, 0.3) is 0 Å². The van der Waals surface area contributed by atoms with Crippen LogP contribution in [0, 0.1) is 12.3 Å². The van der Waals surface area contributed by atoms with Gasteiger partial charge in [0.15, 0.2) is 0 Å². The van der Waals surface area contributed by atoms with E-state index in [1.807, 2.05) is 6.92 Å². The summed E-state index contributed by atoms with van der Waals surface area (Å²) in [4.78, 5) is 26.7. The zero-order chi connectivity index (χ0) is 14.0. The Balaban J connectivity index is 2.31. The number of hydrogen-bond acceptors (Lipinski definition) is 2. The molecule has 1 saturated heterocycles. The van der Waals surface area contributed by atoms with Gasteiger partial charge in [-0.15, -0.1) is 12.3 Å². The van der Waals surface area contributed by atoms with Crippen LogP contribution in [0.3, 0.4) is 0 Å². The van der Waals surface area contributed by atoms with Gasteiger partial charge in [0.05, 0.1) is 0 Å². The number of rotatable bonds is 3. The summed E-state index contributed by atoms with van der Waals surface area (Å²) in [7, 11) is 0. The first-order chi connectivity index (χ1) is 9.05. The standard InChI is InChI=1S/C15H22N2O2/c1-4-8-12(5-2)17-11(3)13(18)16-15(14(17)19)9-6-7-10-15/h1,11-12H,5-10H2,2-3H3,(H,16,18). The largest absolute Gasteiger partial charge is 0.340 e. The number of piperazine rings is 1. The predicted octanol–water partition coefficient (Wildman–Crippen LogP) is 1.45. The molecule has 2 amide bonds. The van der Waals surface area contributed by atoms with Gasteiger partial charge in [-0.3, -0.25) is 9.59 Å². The Morgan fingerprint density at radius 2 is 2.11 bits per heavy atom. The van der Waals surface area contributed by atoms with Crippen molar-refractivity contribution in [2.75, 3.05) is 0 Å². The molecule has 104 valence electrons. The highest BCUT2D eigenvalue weighted by molar-refractivity contribution is 6.00. The second-order valence-corrected chi connectivity index (χ2v) is 5.64. The summed E-state index contributed by atoms with van der Waals surface area (Å²) in [6, 6.07) is -0.451. The Labute approximate surface area is 114 Å². The van der Waals surface area contributed by atoms with E-state index >= 15 is 0 Å². The highest BCUT2D eigenvalue weighted by Crippen LogP contribution is 2.35. The molecule has 2 rings (SSSR count). The van der Waals surface area contributed by atoms with E-state index in [0.717, 1.165) is 32.1 Å². The number of nitrogens with zero attached hydrogens (tertiary/aromatic N) is 1. The normalized spacial score (nSPS) is 27.2. The second-order valence-electron chi connectivity index (χ2n) is 5.64. The van der Waals surface area contributed by atoms with Crippen molar-refractivity contribution in [2.45, 2.75) is 70.0 Å². The van der Waals surface area contributed by atoms with Crippen LogP contribution in [0.15, 0.2) is 0 Å². The quantitative estimate of drug-likeness (QED) is 0.783. The first-order valence-corrected chi connectivity index (χ1v) is 7.14. The molecule has 2 unspecified atom stereocenters. The zero-order valence-electron chi connectivity index (χ0n) is 11.7. The third-order valence-corrected chi connectivity index (χ3v) is 4.48. The first-order valence-electron chi connectivity index (χ1n) is 7.14. The van der Waals surface area contributed by atoms with Crippen molar-refractivity contribution in [1.29, 1.82) is 0 Å². The van der Waals surface area contributed by atoms with Crippen molar-refractivity contribution in [3.63, 3.8) is 0 Å². The molecule has 0 radical (unpaired) electrons. The van der Waals surface area contributed by atoms with E-state index < -0.39 is 11.6 Å². The number of hydrogen-bond donors (Lipinski definition) is 1. The van der Waals surface area contributed by atoms with Crippen molar-refractivity contribution in [2.24, 2.45) is 0 Å². The van der Waals surface area contributed by atoms with Gasteiger partial charge in [-0.2, -0.15) is 0 Å². The highest BCUT2D eigenvalue weighted by atomic mass is 16.2. The van der Waals surface area contributed by atoms with Gasteiger partial charge in [0.2, 0.25) is 11.8 Å². The Kier molecular flexibility index (Phi) is 3.84. The van der Waals surface area contributed by atoms with Crippen LogP contribution in [0.1, 0.15) is 52.4 Å². The van der Waals surface area contributed by atoms with E-state index in [1.54, 1.807) is 11.8 Å². The average Bonchev–Trinajstić information content (AvgIpc) is 2.85. The monoisotopic (exact) mass is 262 g/mol. The Morgan fingerprint density at radius 1 is 1.47 bits per heavy atom. The fourth-order valence-electron chi connectivity index (χ4n) is 3.32. The molecule has 4 nitrogen and oxygen atoms in total. The summed E-state index contributed by atoms with van der Waals surface area (Å²) in [6.07, 6.45) is 10.2. The van der Waals surface area contributed by atoms with Crippen LogP contribution >= 0.6 is 0 Å². The predicted molar refractivity (Wildman–Crippen MR) is 73.2 cm³/mol. The van der Waals surface area contributed by atoms with Gasteiger partial charge in [-0.05, 0) is 26.2 Å². The lowest BCUT2D eigenvalue weighted by molar-refractivity contribution is -0.157. The van der Waals surface area contributed by atoms with Crippen molar-refractivity contribution in [1.82, 2.24) is 10.2 Å². The molecule has 0 bridgehead atoms. The van der Waals surface area contributed by atoms with E-state index in [0.29, 0.717) is 6.42 Å². The summed E-state index contributed by atoms with van der Waals surface area (Å²) in [5.74, 6) is 2.65. The lowest BCUT2D eigenvalue weighted by Crippen LogP contribution is -2.70. The number of carbonyl (C=O) groups excluding carboxylic acids is 2. The van der Waals surface area contributed by atoms with Gasteiger partial charge >= 0.3 is 0 Å². The van der Waals surface area contributed by atoms with Gasteiger partial charge in [0.1, 0.15) is 11.6 Å². The smallest absolute Gasteiger partial charge is 0.249 e. The number of amides is 2. The van der Waals surface area contributed by atoms with Crippen LogP contribution in [-0.2, 0) is 9.59 Å². The molecule has 0 aromatic carbocycles. The second kappa shape index (κ2) is 5.24. The minimum absolute atomic E-state index is 0.0315. The lowest BCUT2D eigenvalue weighted by atomic mass is 9.89. The summed E-state index contributed by atoms with van der Waals surface area (Å²) in [6.45, 7) is 3.80. The van der Waals surface area contributed by atoms with Crippen molar-refractivity contribution in [3.05, 3.63) is 0 Å². The maximum atomic E-state index is 12.8. The maximum Gasteiger partial charge on any atom is 0.249 e. The Morgan fingerprint density at radius 3 is 2.63 bits per heavy atom. The number of nitrogens with one attached hydrogen (secondary N) is 1. The third-order valence-electron chi connectivity index (χ3n) is 4.48. The van der Waals surface area contributed by atoms with E-state index in [2.05, 4.69) is 11.2 Å². The van der Waals surface area contributed by atoms with E-state index in [1.165, 1.54) is 0 Å². The molecular weight excluding hydrogens is 240 g/mol. The van der Waals surface area contributed by atoms with Crippen molar-refractivity contribution in [3.8, 4) is 12.3 Å². The van der Waals surface area contributed by atoms with Crippen molar-refractivity contribution < 1.29 is 9.59 Å². The molecule has 1 spiro atoms. The zero-order valence-corrected chi connectivity index (χ0v) is 11.7. The van der Waals surface area contributed by atoms with Gasteiger partial charge < -0.3 is 10.2 Å². The van der Waals surface area contributed by atoms with E-state index in [-0.39, 0.29) is 17.9 Å². The van der Waals surface area contributed by atoms with Gasteiger partial charge in [0, 0.05) is 12.5 Å². The fourth-order valence-corrected chi connectivity index (χ4v) is 3.32. The molecule has 0 aromatic rings. The molecular formula is C15H22N2O2. The van der Waals surface area contributed by atoms with E-state index in [9.17, 15) is 9.59 Å². The van der Waals surface area contributed by atoms with Crippen LogP contribution in [-0.4, -0.2) is 34.3 Å². The molecule has 1 aliphatic carbocycles. The number of terminal acetylenes is 1. The van der Waals surface area contributed by atoms with Crippen LogP contribution in [0.4, 0.5) is 0 Å². The molecule has 1 saturated carbocycles. The topological polar surface area (TPSA) is 49.4 Å². The molecule has 2 aliphatic rings. The summed E-state index contributed by atoms with van der Waals surface area (Å²) < 4.78 is 0. The fraction of sp³-hybridized carbons (Fsp3) is 0.733. The molecule has 0 aromatic heterocycles. The van der Waals surface area contributed by atoms with Crippen molar-refractivity contribution >= 4 is 11.8 Å². The molecule has 19 heavy (non-hydrogen) atoms. The SMILES string of the molecule is C#CCC(CC)N1C(=O)C2(CCCC2)NC(=O)C1C. The Bertz CT molecular complexity index is 418. The van der Waals surface area contributed by atoms with E-state index in [4.69, 9.17) is 6.42 Å². The molecule has 1 N–H and O–H groups in total. The van der Waals surface area contributed by atoms with Crippen LogP contribution in [0.2, 0.25) is 0 Å². The summed E-state index contributed by atoms with van der Waals surface area (Å²) >= 11 is 0. The Hall–Kier alpha value is -1.50. The molecule has 2 fully saturated rings. The molecule has 1 aliphatic heterocycles.